The number of hydrogen-bond acceptors (Lipinski definition) is 4. The van der Waals surface area contributed by atoms with Gasteiger partial charge in [-0.3, -0.25) is 9.58 Å². The summed E-state index contributed by atoms with van der Waals surface area (Å²) < 4.78 is 2.11. The number of aromatic nitrogens is 3. The largest absolute Gasteiger partial charge is 0.353 e. The maximum atomic E-state index is 6.25. The minimum Gasteiger partial charge on any atom is -0.353 e. The number of rotatable bonds is 4. The lowest BCUT2D eigenvalue weighted by molar-refractivity contribution is 0.176. The third kappa shape index (κ3) is 3.67. The topological polar surface area (TPSA) is 37.2 Å². The number of aryl methyl sites for hydroxylation is 2. The van der Waals surface area contributed by atoms with Crippen LogP contribution in [-0.2, 0) is 6.54 Å². The van der Waals surface area contributed by atoms with Crippen LogP contribution in [0.5, 0.6) is 0 Å². The number of halogens is 1. The maximum Gasteiger partial charge on any atom is 0.147 e. The molecule has 5 nitrogen and oxygen atoms in total. The summed E-state index contributed by atoms with van der Waals surface area (Å²) in [4.78, 5) is 9.21. The molecular formula is C17H24ClN5. The average Bonchev–Trinajstić information content (AvgIpc) is 2.85. The fourth-order valence-corrected chi connectivity index (χ4v) is 3.45. The monoisotopic (exact) mass is 333 g/mol. The number of hydrogen-bond donors (Lipinski definition) is 0. The van der Waals surface area contributed by atoms with Gasteiger partial charge in [-0.1, -0.05) is 11.6 Å². The van der Waals surface area contributed by atoms with Crippen molar-refractivity contribution in [2.75, 3.05) is 31.1 Å². The second-order valence-corrected chi connectivity index (χ2v) is 6.70. The summed E-state index contributed by atoms with van der Waals surface area (Å²) in [6.45, 7) is 11.3. The van der Waals surface area contributed by atoms with Gasteiger partial charge in [0.2, 0.25) is 0 Å². The van der Waals surface area contributed by atoms with Gasteiger partial charge in [-0.15, -0.1) is 0 Å². The normalized spacial score (nSPS) is 17.5. The molecule has 6 heteroatoms. The van der Waals surface area contributed by atoms with Crippen molar-refractivity contribution in [1.82, 2.24) is 19.7 Å². The van der Waals surface area contributed by atoms with Gasteiger partial charge in [0.25, 0.3) is 0 Å². The van der Waals surface area contributed by atoms with Crippen LogP contribution in [0.1, 0.15) is 18.3 Å². The molecule has 0 saturated carbocycles. The fourth-order valence-electron chi connectivity index (χ4n) is 3.21. The van der Waals surface area contributed by atoms with Gasteiger partial charge >= 0.3 is 0 Å². The van der Waals surface area contributed by atoms with Crippen LogP contribution in [0.3, 0.4) is 0 Å². The second kappa shape index (κ2) is 6.89. The van der Waals surface area contributed by atoms with E-state index in [1.807, 2.05) is 19.1 Å². The van der Waals surface area contributed by atoms with E-state index in [0.717, 1.165) is 49.3 Å². The molecule has 1 unspecified atom stereocenters. The van der Waals surface area contributed by atoms with Gasteiger partial charge in [0.05, 0.1) is 17.3 Å². The average molecular weight is 334 g/mol. The molecule has 2 aromatic rings. The van der Waals surface area contributed by atoms with Crippen molar-refractivity contribution >= 4 is 17.4 Å². The van der Waals surface area contributed by atoms with Crippen LogP contribution >= 0.6 is 11.6 Å². The van der Waals surface area contributed by atoms with Crippen molar-refractivity contribution in [1.29, 1.82) is 0 Å². The van der Waals surface area contributed by atoms with E-state index in [2.05, 4.69) is 44.5 Å². The summed E-state index contributed by atoms with van der Waals surface area (Å²) in [7, 11) is 0. The van der Waals surface area contributed by atoms with E-state index in [9.17, 15) is 0 Å². The Kier molecular flexibility index (Phi) is 4.87. The first kappa shape index (κ1) is 16.3. The number of anilines is 1. The minimum atomic E-state index is 0.467. The zero-order valence-electron chi connectivity index (χ0n) is 14.0. The highest BCUT2D eigenvalue weighted by Crippen LogP contribution is 2.23. The summed E-state index contributed by atoms with van der Waals surface area (Å²) in [6, 6.07) is 6.38. The Bertz CT molecular complexity index is 661. The molecule has 1 aliphatic heterocycles. The third-order valence-electron chi connectivity index (χ3n) is 4.52. The van der Waals surface area contributed by atoms with Gasteiger partial charge in [-0.05, 0) is 39.0 Å². The van der Waals surface area contributed by atoms with Crippen LogP contribution in [0.15, 0.2) is 24.4 Å². The summed E-state index contributed by atoms with van der Waals surface area (Å²) in [5.41, 5.74) is 2.32. The molecule has 0 amide bonds. The molecule has 0 radical (unpaired) electrons. The zero-order chi connectivity index (χ0) is 16.4. The predicted octanol–water partition coefficient (Wildman–Crippen LogP) is 2.76. The van der Waals surface area contributed by atoms with E-state index in [4.69, 9.17) is 11.6 Å². The van der Waals surface area contributed by atoms with Gasteiger partial charge in [0, 0.05) is 44.1 Å². The van der Waals surface area contributed by atoms with E-state index < -0.39 is 0 Å². The second-order valence-electron chi connectivity index (χ2n) is 6.29. The van der Waals surface area contributed by atoms with Crippen molar-refractivity contribution in [2.24, 2.45) is 0 Å². The minimum absolute atomic E-state index is 0.467. The van der Waals surface area contributed by atoms with E-state index in [1.54, 1.807) is 6.20 Å². The van der Waals surface area contributed by atoms with Crippen molar-refractivity contribution < 1.29 is 0 Å². The van der Waals surface area contributed by atoms with Crippen molar-refractivity contribution in [3.8, 4) is 0 Å². The smallest absolute Gasteiger partial charge is 0.147 e. The van der Waals surface area contributed by atoms with Gasteiger partial charge in [-0.25, -0.2) is 4.98 Å². The van der Waals surface area contributed by atoms with Crippen molar-refractivity contribution in [3.63, 3.8) is 0 Å². The Labute approximate surface area is 142 Å². The third-order valence-corrected chi connectivity index (χ3v) is 4.81. The van der Waals surface area contributed by atoms with Gasteiger partial charge < -0.3 is 4.90 Å². The van der Waals surface area contributed by atoms with Gasteiger partial charge in [0.15, 0.2) is 0 Å². The molecule has 0 aromatic carbocycles. The molecule has 2 aromatic heterocycles. The molecule has 124 valence electrons. The van der Waals surface area contributed by atoms with E-state index in [0.29, 0.717) is 6.04 Å². The van der Waals surface area contributed by atoms with E-state index in [-0.39, 0.29) is 0 Å². The SMILES string of the molecule is Cc1cc(C)n(CC(C)N2CCN(c3ncccc3Cl)CC2)n1. The van der Waals surface area contributed by atoms with Gasteiger partial charge in [0.1, 0.15) is 5.82 Å². The molecule has 1 aliphatic rings. The van der Waals surface area contributed by atoms with E-state index in [1.165, 1.54) is 5.69 Å². The Morgan fingerprint density at radius 1 is 1.22 bits per heavy atom. The summed E-state index contributed by atoms with van der Waals surface area (Å²) in [5.74, 6) is 0.903. The molecule has 0 bridgehead atoms. The summed E-state index contributed by atoms with van der Waals surface area (Å²) in [5, 5.41) is 5.30. The molecule has 3 rings (SSSR count). The Balaban J connectivity index is 1.58. The zero-order valence-corrected chi connectivity index (χ0v) is 14.8. The lowest BCUT2D eigenvalue weighted by atomic mass is 10.2. The molecule has 0 aliphatic carbocycles. The molecule has 0 N–H and O–H groups in total. The first-order valence-electron chi connectivity index (χ1n) is 8.15. The quantitative estimate of drug-likeness (QED) is 0.862. The Hall–Kier alpha value is -1.59. The molecular weight excluding hydrogens is 310 g/mol. The van der Waals surface area contributed by atoms with Gasteiger partial charge in [-0.2, -0.15) is 5.10 Å². The Morgan fingerprint density at radius 3 is 2.57 bits per heavy atom. The highest BCUT2D eigenvalue weighted by atomic mass is 35.5. The molecule has 1 fully saturated rings. The Morgan fingerprint density at radius 2 is 1.96 bits per heavy atom. The summed E-state index contributed by atoms with van der Waals surface area (Å²) in [6.07, 6.45) is 1.80. The van der Waals surface area contributed by atoms with Crippen LogP contribution in [0, 0.1) is 13.8 Å². The number of pyridine rings is 1. The van der Waals surface area contributed by atoms with Crippen molar-refractivity contribution in [2.45, 2.75) is 33.4 Å². The first-order chi connectivity index (χ1) is 11.0. The van der Waals surface area contributed by atoms with Crippen molar-refractivity contribution in [3.05, 3.63) is 40.8 Å². The van der Waals surface area contributed by atoms with Crippen LogP contribution in [0.25, 0.3) is 0 Å². The molecule has 1 saturated heterocycles. The van der Waals surface area contributed by atoms with E-state index >= 15 is 0 Å². The fraction of sp³-hybridized carbons (Fsp3) is 0.529. The van der Waals surface area contributed by atoms with Crippen LogP contribution in [0.4, 0.5) is 5.82 Å². The summed E-state index contributed by atoms with van der Waals surface area (Å²) >= 11 is 6.25. The highest BCUT2D eigenvalue weighted by molar-refractivity contribution is 6.32. The number of nitrogens with zero attached hydrogens (tertiary/aromatic N) is 5. The van der Waals surface area contributed by atoms with Crippen LogP contribution < -0.4 is 4.90 Å². The van der Waals surface area contributed by atoms with Crippen LogP contribution in [-0.4, -0.2) is 51.9 Å². The highest BCUT2D eigenvalue weighted by Gasteiger charge is 2.23. The first-order valence-corrected chi connectivity index (χ1v) is 8.53. The lowest BCUT2D eigenvalue weighted by Gasteiger charge is -2.38. The molecule has 23 heavy (non-hydrogen) atoms. The maximum absolute atomic E-state index is 6.25. The number of piperazine rings is 1. The standard InChI is InChI=1S/C17H24ClN5/c1-13-11-14(2)23(20-13)12-15(3)21-7-9-22(10-8-21)17-16(18)5-4-6-19-17/h4-6,11,15H,7-10,12H2,1-3H3. The van der Waals surface area contributed by atoms with Crippen LogP contribution in [0.2, 0.25) is 5.02 Å². The molecule has 1 atom stereocenters. The predicted molar refractivity (Wildman–Crippen MR) is 94.2 cm³/mol. The molecule has 3 heterocycles. The molecule has 0 spiro atoms. The lowest BCUT2D eigenvalue weighted by Crippen LogP contribution is -2.51.